The van der Waals surface area contributed by atoms with Crippen LogP contribution in [0, 0.1) is 5.41 Å². The highest BCUT2D eigenvalue weighted by molar-refractivity contribution is 14.1. The van der Waals surface area contributed by atoms with E-state index in [4.69, 9.17) is 4.74 Å². The van der Waals surface area contributed by atoms with Crippen molar-refractivity contribution in [3.63, 3.8) is 0 Å². The fourth-order valence-corrected chi connectivity index (χ4v) is 2.76. The third-order valence-electron chi connectivity index (χ3n) is 3.50. The number of alkyl halides is 1. The first-order valence-corrected chi connectivity index (χ1v) is 8.09. The van der Waals surface area contributed by atoms with Crippen LogP contribution in [0.15, 0.2) is 42.5 Å². The van der Waals surface area contributed by atoms with Gasteiger partial charge in [0.1, 0.15) is 0 Å². The van der Waals surface area contributed by atoms with Crippen LogP contribution < -0.4 is 0 Å². The average molecular weight is 386 g/mol. The molecule has 0 aliphatic heterocycles. The first-order valence-electron chi connectivity index (χ1n) is 6.57. The first-order chi connectivity index (χ1) is 9.74. The Hall–Kier alpha value is -0.690. The average Bonchev–Trinajstić information content (AvgIpc) is 2.52. The van der Waals surface area contributed by atoms with Crippen LogP contribution >= 0.6 is 22.6 Å². The molecular formula is C16H19IO3. The van der Waals surface area contributed by atoms with Gasteiger partial charge in [-0.15, -0.1) is 0 Å². The molecule has 2 aromatic rings. The van der Waals surface area contributed by atoms with Gasteiger partial charge in [0, 0.05) is 9.84 Å². The van der Waals surface area contributed by atoms with Gasteiger partial charge in [0.05, 0.1) is 26.4 Å². The van der Waals surface area contributed by atoms with Crippen molar-refractivity contribution in [2.75, 3.05) is 24.2 Å². The fourth-order valence-electron chi connectivity index (χ4n) is 2.06. The molecule has 2 N–H and O–H groups in total. The minimum Gasteiger partial charge on any atom is -0.396 e. The standard InChI is InChI=1S/C16H19IO3/c17-9-16(10-18,11-19)12-20-8-14-6-3-5-13-4-1-2-7-15(13)14/h1-7,18-19H,8-12H2. The number of fused-ring (bicyclic) bond motifs is 1. The van der Waals surface area contributed by atoms with E-state index < -0.39 is 5.41 Å². The molecule has 0 aliphatic carbocycles. The Kier molecular flexibility index (Phi) is 5.77. The second-order valence-electron chi connectivity index (χ2n) is 5.08. The molecule has 0 bridgehead atoms. The van der Waals surface area contributed by atoms with E-state index in [9.17, 15) is 10.2 Å². The van der Waals surface area contributed by atoms with E-state index in [1.165, 1.54) is 10.8 Å². The first kappa shape index (κ1) is 15.7. The Balaban J connectivity index is 2.06. The molecule has 0 aliphatic rings. The summed E-state index contributed by atoms with van der Waals surface area (Å²) in [6, 6.07) is 14.3. The Morgan fingerprint density at radius 3 is 2.40 bits per heavy atom. The minimum absolute atomic E-state index is 0.0675. The van der Waals surface area contributed by atoms with Crippen LogP contribution in [0.1, 0.15) is 5.56 Å². The van der Waals surface area contributed by atoms with Crippen LogP contribution in [-0.4, -0.2) is 34.5 Å². The number of aliphatic hydroxyl groups is 2. The Bertz CT molecular complexity index is 539. The van der Waals surface area contributed by atoms with E-state index in [-0.39, 0.29) is 13.2 Å². The van der Waals surface area contributed by atoms with E-state index in [1.807, 2.05) is 24.3 Å². The van der Waals surface area contributed by atoms with Crippen LogP contribution in [-0.2, 0) is 11.3 Å². The number of benzene rings is 2. The highest BCUT2D eigenvalue weighted by Crippen LogP contribution is 2.22. The Morgan fingerprint density at radius 2 is 1.70 bits per heavy atom. The van der Waals surface area contributed by atoms with Gasteiger partial charge in [-0.25, -0.2) is 0 Å². The van der Waals surface area contributed by atoms with Gasteiger partial charge in [-0.1, -0.05) is 65.1 Å². The molecule has 0 saturated heterocycles. The second kappa shape index (κ2) is 7.36. The van der Waals surface area contributed by atoms with E-state index in [2.05, 4.69) is 40.8 Å². The monoisotopic (exact) mass is 386 g/mol. The summed E-state index contributed by atoms with van der Waals surface area (Å²) >= 11 is 2.17. The van der Waals surface area contributed by atoms with Gasteiger partial charge in [-0.2, -0.15) is 0 Å². The van der Waals surface area contributed by atoms with Crippen molar-refractivity contribution in [1.29, 1.82) is 0 Å². The van der Waals surface area contributed by atoms with Gasteiger partial charge in [-0.05, 0) is 16.3 Å². The maximum Gasteiger partial charge on any atom is 0.0723 e. The molecule has 2 rings (SSSR count). The third kappa shape index (κ3) is 3.49. The number of aliphatic hydroxyl groups excluding tert-OH is 2. The third-order valence-corrected chi connectivity index (χ3v) is 5.12. The summed E-state index contributed by atoms with van der Waals surface area (Å²) in [4.78, 5) is 0. The molecule has 0 unspecified atom stereocenters. The van der Waals surface area contributed by atoms with E-state index in [0.717, 1.165) is 5.56 Å². The molecule has 0 atom stereocenters. The Labute approximate surface area is 132 Å². The SMILES string of the molecule is OCC(CO)(CI)COCc1cccc2ccccc12. The molecule has 3 nitrogen and oxygen atoms in total. The van der Waals surface area contributed by atoms with Crippen molar-refractivity contribution < 1.29 is 14.9 Å². The van der Waals surface area contributed by atoms with Crippen LogP contribution in [0.25, 0.3) is 10.8 Å². The summed E-state index contributed by atoms with van der Waals surface area (Å²) in [6.45, 7) is 0.704. The highest BCUT2D eigenvalue weighted by Gasteiger charge is 2.27. The van der Waals surface area contributed by atoms with Gasteiger partial charge in [0.2, 0.25) is 0 Å². The number of rotatable bonds is 7. The maximum absolute atomic E-state index is 9.40. The zero-order chi connectivity index (χ0) is 14.4. The van der Waals surface area contributed by atoms with Crippen LogP contribution in [0.2, 0.25) is 0 Å². The molecule has 2 aromatic carbocycles. The number of halogens is 1. The maximum atomic E-state index is 9.40. The summed E-state index contributed by atoms with van der Waals surface area (Å²) in [6.07, 6.45) is 0. The summed E-state index contributed by atoms with van der Waals surface area (Å²) in [5.41, 5.74) is 0.576. The van der Waals surface area contributed by atoms with Gasteiger partial charge in [0.25, 0.3) is 0 Å². The topological polar surface area (TPSA) is 49.7 Å². The lowest BCUT2D eigenvalue weighted by atomic mass is 9.94. The molecule has 0 heterocycles. The molecule has 4 heteroatoms. The van der Waals surface area contributed by atoms with E-state index in [0.29, 0.717) is 17.6 Å². The largest absolute Gasteiger partial charge is 0.396 e. The van der Waals surface area contributed by atoms with E-state index in [1.54, 1.807) is 0 Å². The van der Waals surface area contributed by atoms with Gasteiger partial charge in [0.15, 0.2) is 0 Å². The molecular weight excluding hydrogens is 367 g/mol. The lowest BCUT2D eigenvalue weighted by Gasteiger charge is -2.27. The summed E-state index contributed by atoms with van der Waals surface area (Å²) in [5, 5.41) is 21.2. The second-order valence-corrected chi connectivity index (χ2v) is 5.84. The molecule has 0 fully saturated rings. The number of hydrogen-bond acceptors (Lipinski definition) is 3. The van der Waals surface area contributed by atoms with Crippen LogP contribution in [0.5, 0.6) is 0 Å². The predicted octanol–water partition coefficient (Wildman–Crippen LogP) is 2.76. The summed E-state index contributed by atoms with van der Waals surface area (Å²) in [5.74, 6) is 0. The highest BCUT2D eigenvalue weighted by atomic mass is 127. The molecule has 0 amide bonds. The zero-order valence-electron chi connectivity index (χ0n) is 11.3. The lowest BCUT2D eigenvalue weighted by molar-refractivity contribution is -0.0171. The van der Waals surface area contributed by atoms with Crippen molar-refractivity contribution >= 4 is 33.4 Å². The van der Waals surface area contributed by atoms with Crippen molar-refractivity contribution in [3.05, 3.63) is 48.0 Å². The van der Waals surface area contributed by atoms with Gasteiger partial charge >= 0.3 is 0 Å². The normalized spacial score (nSPS) is 11.9. The van der Waals surface area contributed by atoms with Crippen molar-refractivity contribution in [1.82, 2.24) is 0 Å². The quantitative estimate of drug-likeness (QED) is 0.569. The van der Waals surface area contributed by atoms with Crippen molar-refractivity contribution in [3.8, 4) is 0 Å². The molecule has 108 valence electrons. The summed E-state index contributed by atoms with van der Waals surface area (Å²) < 4.78 is 6.40. The van der Waals surface area contributed by atoms with Crippen molar-refractivity contribution in [2.45, 2.75) is 6.61 Å². The molecule has 0 spiro atoms. The van der Waals surface area contributed by atoms with Crippen LogP contribution in [0.4, 0.5) is 0 Å². The molecule has 0 aromatic heterocycles. The fraction of sp³-hybridized carbons (Fsp3) is 0.375. The Morgan fingerprint density at radius 1 is 1.00 bits per heavy atom. The zero-order valence-corrected chi connectivity index (χ0v) is 13.4. The van der Waals surface area contributed by atoms with Crippen LogP contribution in [0.3, 0.4) is 0 Å². The molecule has 0 radical (unpaired) electrons. The number of hydrogen-bond donors (Lipinski definition) is 2. The molecule has 0 saturated carbocycles. The van der Waals surface area contributed by atoms with E-state index >= 15 is 0 Å². The lowest BCUT2D eigenvalue weighted by Crippen LogP contribution is -2.36. The van der Waals surface area contributed by atoms with Gasteiger partial charge < -0.3 is 14.9 Å². The van der Waals surface area contributed by atoms with Crippen molar-refractivity contribution in [2.24, 2.45) is 5.41 Å². The van der Waals surface area contributed by atoms with Gasteiger partial charge in [-0.3, -0.25) is 0 Å². The molecule has 20 heavy (non-hydrogen) atoms. The minimum atomic E-state index is -0.550. The summed E-state index contributed by atoms with van der Waals surface area (Å²) in [7, 11) is 0. The smallest absolute Gasteiger partial charge is 0.0723 e. The predicted molar refractivity (Wildman–Crippen MR) is 89.1 cm³/mol. The number of ether oxygens (including phenoxy) is 1.